The molecule has 5 nitrogen and oxygen atoms in total. The zero-order valence-corrected chi connectivity index (χ0v) is 12.5. The van der Waals surface area contributed by atoms with E-state index in [2.05, 4.69) is 15.3 Å². The fraction of sp³-hybridized carbons (Fsp3) is 0.333. The van der Waals surface area contributed by atoms with Gasteiger partial charge in [-0.25, -0.2) is 0 Å². The predicted octanol–water partition coefficient (Wildman–Crippen LogP) is 2.54. The molecule has 0 saturated heterocycles. The minimum atomic E-state index is -0.364. The zero-order valence-electron chi connectivity index (χ0n) is 10.9. The summed E-state index contributed by atoms with van der Waals surface area (Å²) in [5.74, 6) is 0. The Labute approximate surface area is 119 Å². The Balaban J connectivity index is 2.52. The minimum Gasteiger partial charge on any atom is -0.265 e. The van der Waals surface area contributed by atoms with E-state index in [4.69, 9.17) is 12.2 Å². The number of thiophene rings is 1. The molecule has 0 spiro atoms. The minimum absolute atomic E-state index is 0.186. The highest BCUT2D eigenvalue weighted by Gasteiger charge is 2.21. The van der Waals surface area contributed by atoms with E-state index in [0.717, 1.165) is 4.88 Å². The zero-order chi connectivity index (χ0) is 14.0. The van der Waals surface area contributed by atoms with Crippen LogP contribution in [0.2, 0.25) is 0 Å². The van der Waals surface area contributed by atoms with Crippen molar-refractivity contribution in [1.29, 1.82) is 0 Å². The van der Waals surface area contributed by atoms with Crippen molar-refractivity contribution in [3.05, 3.63) is 43.2 Å². The molecule has 2 heterocycles. The van der Waals surface area contributed by atoms with Crippen LogP contribution < -0.4 is 5.56 Å². The van der Waals surface area contributed by atoms with Gasteiger partial charge in [-0.3, -0.25) is 9.89 Å². The van der Waals surface area contributed by atoms with Crippen LogP contribution in [0.25, 0.3) is 0 Å². The lowest BCUT2D eigenvalue weighted by Crippen LogP contribution is -2.32. The Kier molecular flexibility index (Phi) is 3.77. The first-order chi connectivity index (χ1) is 8.89. The molecule has 0 unspecified atom stereocenters. The van der Waals surface area contributed by atoms with Gasteiger partial charge in [-0.1, -0.05) is 26.8 Å². The third kappa shape index (κ3) is 3.05. The summed E-state index contributed by atoms with van der Waals surface area (Å²) >= 11 is 6.59. The van der Waals surface area contributed by atoms with Gasteiger partial charge < -0.3 is 0 Å². The highest BCUT2D eigenvalue weighted by atomic mass is 32.1. The van der Waals surface area contributed by atoms with Crippen molar-refractivity contribution in [2.24, 2.45) is 5.10 Å². The first-order valence-electron chi connectivity index (χ1n) is 5.69. The highest BCUT2D eigenvalue weighted by molar-refractivity contribution is 7.71. The number of aromatic nitrogens is 3. The predicted molar refractivity (Wildman–Crippen MR) is 79.7 cm³/mol. The molecule has 0 amide bonds. The van der Waals surface area contributed by atoms with Gasteiger partial charge >= 0.3 is 0 Å². The molecule has 2 aromatic rings. The van der Waals surface area contributed by atoms with Crippen LogP contribution in [0.1, 0.15) is 31.3 Å². The van der Waals surface area contributed by atoms with Crippen LogP contribution in [0.15, 0.2) is 27.4 Å². The lowest BCUT2D eigenvalue weighted by molar-refractivity contribution is 0.529. The standard InChI is InChI=1S/C12H14N4OS2/c1-12(2,3)9-10(17)16(11(18)15-14-9)13-7-8-5-4-6-19-8/h4-7H,1-3H3,(H,15,18)/b13-7-. The van der Waals surface area contributed by atoms with E-state index in [-0.39, 0.29) is 15.7 Å². The Hall–Kier alpha value is -1.60. The van der Waals surface area contributed by atoms with Crippen LogP contribution in [0.3, 0.4) is 0 Å². The lowest BCUT2D eigenvalue weighted by atomic mass is 9.93. The van der Waals surface area contributed by atoms with Crippen LogP contribution in [-0.4, -0.2) is 21.1 Å². The summed E-state index contributed by atoms with van der Waals surface area (Å²) in [5, 5.41) is 12.8. The molecule has 1 N–H and O–H groups in total. The van der Waals surface area contributed by atoms with E-state index in [0.29, 0.717) is 5.69 Å². The van der Waals surface area contributed by atoms with Gasteiger partial charge in [0, 0.05) is 10.3 Å². The summed E-state index contributed by atoms with van der Waals surface area (Å²) in [6.45, 7) is 5.75. The van der Waals surface area contributed by atoms with Crippen LogP contribution in [0.5, 0.6) is 0 Å². The fourth-order valence-corrected chi connectivity index (χ4v) is 2.22. The molecule has 0 radical (unpaired) electrons. The topological polar surface area (TPSA) is 63.0 Å². The largest absolute Gasteiger partial charge is 0.297 e. The van der Waals surface area contributed by atoms with E-state index < -0.39 is 0 Å². The van der Waals surface area contributed by atoms with Gasteiger partial charge in [0.25, 0.3) is 5.56 Å². The van der Waals surface area contributed by atoms with Crippen LogP contribution >= 0.6 is 23.6 Å². The molecule has 0 aromatic carbocycles. The first-order valence-corrected chi connectivity index (χ1v) is 6.98. The van der Waals surface area contributed by atoms with Crippen LogP contribution in [0, 0.1) is 4.77 Å². The SMILES string of the molecule is CC(C)(C)c1n[nH]c(=S)n(/N=C\c2cccs2)c1=O. The maximum atomic E-state index is 12.3. The summed E-state index contributed by atoms with van der Waals surface area (Å²) < 4.78 is 1.36. The van der Waals surface area contributed by atoms with Gasteiger partial charge in [-0.2, -0.15) is 14.9 Å². The third-order valence-corrected chi connectivity index (χ3v) is 3.48. The van der Waals surface area contributed by atoms with E-state index >= 15 is 0 Å². The average molecular weight is 294 g/mol. The molecule has 0 saturated carbocycles. The number of nitrogens with zero attached hydrogens (tertiary/aromatic N) is 3. The molecule has 19 heavy (non-hydrogen) atoms. The van der Waals surface area contributed by atoms with Crippen LogP contribution in [-0.2, 0) is 5.41 Å². The number of hydrogen-bond acceptors (Lipinski definition) is 5. The molecule has 7 heteroatoms. The monoisotopic (exact) mass is 294 g/mol. The molecule has 0 atom stereocenters. The molecule has 0 fully saturated rings. The van der Waals surface area contributed by atoms with Crippen molar-refractivity contribution < 1.29 is 0 Å². The van der Waals surface area contributed by atoms with E-state index in [1.54, 1.807) is 6.21 Å². The van der Waals surface area contributed by atoms with Gasteiger partial charge in [0.15, 0.2) is 0 Å². The van der Waals surface area contributed by atoms with E-state index in [1.165, 1.54) is 16.0 Å². The first kappa shape index (κ1) is 13.8. The molecule has 100 valence electrons. The number of rotatable bonds is 2. The molecular formula is C12H14N4OS2. The number of aromatic amines is 1. The van der Waals surface area contributed by atoms with Crippen molar-refractivity contribution in [2.45, 2.75) is 26.2 Å². The smallest absolute Gasteiger partial charge is 0.265 e. The van der Waals surface area contributed by atoms with E-state index in [9.17, 15) is 4.79 Å². The Bertz CT molecular complexity index is 705. The van der Waals surface area contributed by atoms with Crippen molar-refractivity contribution in [3.63, 3.8) is 0 Å². The van der Waals surface area contributed by atoms with Crippen molar-refractivity contribution in [2.75, 3.05) is 0 Å². The fourth-order valence-electron chi connectivity index (χ4n) is 1.46. The van der Waals surface area contributed by atoms with Crippen LogP contribution in [0.4, 0.5) is 0 Å². The van der Waals surface area contributed by atoms with Crippen molar-refractivity contribution >= 4 is 29.8 Å². The molecule has 0 aliphatic rings. The second-order valence-electron chi connectivity index (χ2n) is 5.00. The molecule has 2 aromatic heterocycles. The molecular weight excluding hydrogens is 280 g/mol. The molecule has 0 aliphatic carbocycles. The molecule has 2 rings (SSSR count). The average Bonchev–Trinajstić information content (AvgIpc) is 2.79. The van der Waals surface area contributed by atoms with Gasteiger partial charge in [-0.05, 0) is 23.7 Å². The number of hydrogen-bond donors (Lipinski definition) is 1. The van der Waals surface area contributed by atoms with E-state index in [1.807, 2.05) is 38.3 Å². The second-order valence-corrected chi connectivity index (χ2v) is 6.37. The lowest BCUT2D eigenvalue weighted by Gasteiger charge is -2.16. The summed E-state index contributed by atoms with van der Waals surface area (Å²) in [5.41, 5.74) is -0.245. The van der Waals surface area contributed by atoms with Crippen molar-refractivity contribution in [3.8, 4) is 0 Å². The normalized spacial score (nSPS) is 12.2. The summed E-state index contributed by atoms with van der Waals surface area (Å²) in [6, 6.07) is 3.83. The third-order valence-electron chi connectivity index (χ3n) is 2.40. The van der Waals surface area contributed by atoms with Gasteiger partial charge in [0.2, 0.25) is 4.77 Å². The van der Waals surface area contributed by atoms with Crippen molar-refractivity contribution in [1.82, 2.24) is 14.9 Å². The quantitative estimate of drug-likeness (QED) is 0.684. The number of nitrogens with one attached hydrogen (secondary N) is 1. The summed E-state index contributed by atoms with van der Waals surface area (Å²) in [7, 11) is 0. The van der Waals surface area contributed by atoms with Gasteiger partial charge in [-0.15, -0.1) is 11.3 Å². The Morgan fingerprint density at radius 3 is 2.84 bits per heavy atom. The maximum absolute atomic E-state index is 12.3. The Morgan fingerprint density at radius 2 is 2.26 bits per heavy atom. The summed E-state index contributed by atoms with van der Waals surface area (Å²) in [6.07, 6.45) is 1.61. The summed E-state index contributed by atoms with van der Waals surface area (Å²) in [4.78, 5) is 13.3. The Morgan fingerprint density at radius 1 is 1.53 bits per heavy atom. The van der Waals surface area contributed by atoms with Gasteiger partial charge in [0.1, 0.15) is 5.69 Å². The second kappa shape index (κ2) is 5.18. The maximum Gasteiger partial charge on any atom is 0.297 e. The number of H-pyrrole nitrogens is 1. The molecule has 0 bridgehead atoms. The molecule has 0 aliphatic heterocycles. The highest BCUT2D eigenvalue weighted by Crippen LogP contribution is 2.15. The van der Waals surface area contributed by atoms with Gasteiger partial charge in [0.05, 0.1) is 6.21 Å².